The summed E-state index contributed by atoms with van der Waals surface area (Å²) in [6.07, 6.45) is -0.283. The molecule has 0 fully saturated rings. The topological polar surface area (TPSA) is 105 Å². The molecule has 20 heavy (non-hydrogen) atoms. The van der Waals surface area contributed by atoms with Crippen LogP contribution in [0.2, 0.25) is 0 Å². The van der Waals surface area contributed by atoms with Gasteiger partial charge in [0, 0.05) is 0 Å². The maximum atomic E-state index is 12.3. The molecule has 0 aromatic heterocycles. The molecule has 106 valence electrons. The van der Waals surface area contributed by atoms with E-state index in [1.54, 1.807) is 25.1 Å². The number of hydrogen-bond donors (Lipinski definition) is 1. The second kappa shape index (κ2) is 7.01. The summed E-state index contributed by atoms with van der Waals surface area (Å²) in [5, 5.41) is 27.0. The molecule has 0 saturated heterocycles. The predicted molar refractivity (Wildman–Crippen MR) is 71.7 cm³/mol. The number of nitriles is 2. The molecule has 1 aromatic rings. The summed E-state index contributed by atoms with van der Waals surface area (Å²) in [4.78, 5) is -0.0343. The van der Waals surface area contributed by atoms with Gasteiger partial charge in [-0.1, -0.05) is 19.1 Å². The van der Waals surface area contributed by atoms with E-state index in [0.29, 0.717) is 12.0 Å². The first kappa shape index (κ1) is 16.1. The normalized spacial score (nSPS) is 12.7. The van der Waals surface area contributed by atoms with E-state index in [0.717, 1.165) is 4.31 Å². The van der Waals surface area contributed by atoms with Gasteiger partial charge in [-0.2, -0.15) is 14.8 Å². The van der Waals surface area contributed by atoms with Gasteiger partial charge in [0.15, 0.2) is 0 Å². The van der Waals surface area contributed by atoms with Gasteiger partial charge in [-0.3, -0.25) is 0 Å². The van der Waals surface area contributed by atoms with Crippen molar-refractivity contribution in [2.75, 3.05) is 13.1 Å². The van der Waals surface area contributed by atoms with Gasteiger partial charge in [-0.25, -0.2) is 8.42 Å². The number of hydrogen-bond acceptors (Lipinski definition) is 5. The lowest BCUT2D eigenvalue weighted by Gasteiger charge is -2.17. The molecule has 1 unspecified atom stereocenters. The minimum absolute atomic E-state index is 0.0343. The van der Waals surface area contributed by atoms with Crippen LogP contribution in [-0.4, -0.2) is 30.9 Å². The Kier molecular flexibility index (Phi) is 5.66. The van der Waals surface area contributed by atoms with Crippen LogP contribution in [0.3, 0.4) is 0 Å². The van der Waals surface area contributed by atoms with E-state index >= 15 is 0 Å². The van der Waals surface area contributed by atoms with Crippen molar-refractivity contribution < 1.29 is 13.5 Å². The maximum Gasteiger partial charge on any atom is 0.244 e. The number of benzene rings is 1. The maximum absolute atomic E-state index is 12.3. The van der Waals surface area contributed by atoms with Crippen molar-refractivity contribution in [3.63, 3.8) is 0 Å². The van der Waals surface area contributed by atoms with Gasteiger partial charge in [0.25, 0.3) is 0 Å². The first-order chi connectivity index (χ1) is 9.47. The largest absolute Gasteiger partial charge is 0.388 e. The second-order valence-electron chi connectivity index (χ2n) is 4.09. The van der Waals surface area contributed by atoms with E-state index in [1.807, 2.05) is 0 Å². The molecule has 0 spiro atoms. The van der Waals surface area contributed by atoms with Gasteiger partial charge in [-0.05, 0) is 24.1 Å². The van der Waals surface area contributed by atoms with Gasteiger partial charge in [0.05, 0.1) is 23.1 Å². The molecule has 0 saturated carbocycles. The Hall–Kier alpha value is -1.93. The fourth-order valence-corrected chi connectivity index (χ4v) is 2.94. The summed E-state index contributed by atoms with van der Waals surface area (Å²) in [6, 6.07) is 9.35. The minimum Gasteiger partial charge on any atom is -0.388 e. The highest BCUT2D eigenvalue weighted by Crippen LogP contribution is 2.22. The number of aliphatic hydroxyl groups is 1. The number of sulfonamides is 1. The van der Waals surface area contributed by atoms with Gasteiger partial charge in [0.2, 0.25) is 10.0 Å². The van der Waals surface area contributed by atoms with Gasteiger partial charge in [0.1, 0.15) is 13.1 Å². The van der Waals surface area contributed by atoms with Crippen LogP contribution >= 0.6 is 0 Å². The molecule has 0 aliphatic heterocycles. The zero-order valence-corrected chi connectivity index (χ0v) is 11.8. The highest BCUT2D eigenvalue weighted by atomic mass is 32.2. The van der Waals surface area contributed by atoms with Gasteiger partial charge >= 0.3 is 0 Å². The van der Waals surface area contributed by atoms with E-state index < -0.39 is 29.2 Å². The van der Waals surface area contributed by atoms with Crippen molar-refractivity contribution >= 4 is 10.0 Å². The summed E-state index contributed by atoms with van der Waals surface area (Å²) in [5.74, 6) is 0. The Labute approximate surface area is 118 Å². The molecule has 0 heterocycles. The summed E-state index contributed by atoms with van der Waals surface area (Å²) < 4.78 is 25.4. The molecule has 6 nitrogen and oxygen atoms in total. The first-order valence-electron chi connectivity index (χ1n) is 5.99. The quantitative estimate of drug-likeness (QED) is 0.792. The van der Waals surface area contributed by atoms with Crippen molar-refractivity contribution in [3.05, 3.63) is 29.8 Å². The van der Waals surface area contributed by atoms with Crippen LogP contribution in [0.1, 0.15) is 25.0 Å². The fourth-order valence-electron chi connectivity index (χ4n) is 1.65. The summed E-state index contributed by atoms with van der Waals surface area (Å²) in [7, 11) is -3.91. The zero-order chi connectivity index (χ0) is 15.2. The zero-order valence-electron chi connectivity index (χ0n) is 11.0. The van der Waals surface area contributed by atoms with E-state index in [1.165, 1.54) is 18.2 Å². The molecule has 0 radical (unpaired) electrons. The fraction of sp³-hybridized carbons (Fsp3) is 0.385. The average molecular weight is 293 g/mol. The molecule has 0 aliphatic carbocycles. The molecule has 1 aromatic carbocycles. The molecule has 1 atom stereocenters. The molecular formula is C13H15N3O3S. The molecule has 7 heteroatoms. The molecular weight excluding hydrogens is 278 g/mol. The van der Waals surface area contributed by atoms with Crippen molar-refractivity contribution in [2.45, 2.75) is 24.3 Å². The molecule has 0 aliphatic rings. The predicted octanol–water partition coefficient (Wildman–Crippen LogP) is 1.17. The Morgan fingerprint density at radius 1 is 1.30 bits per heavy atom. The smallest absolute Gasteiger partial charge is 0.244 e. The van der Waals surface area contributed by atoms with Gasteiger partial charge < -0.3 is 5.11 Å². The van der Waals surface area contributed by atoms with Crippen molar-refractivity contribution in [1.29, 1.82) is 10.5 Å². The lowest BCUT2D eigenvalue weighted by atomic mass is 10.1. The van der Waals surface area contributed by atoms with Gasteiger partial charge in [-0.15, -0.1) is 0 Å². The molecule has 1 N–H and O–H groups in total. The highest BCUT2D eigenvalue weighted by Gasteiger charge is 2.24. The molecule has 0 amide bonds. The van der Waals surface area contributed by atoms with Crippen LogP contribution in [0, 0.1) is 22.7 Å². The van der Waals surface area contributed by atoms with Crippen LogP contribution < -0.4 is 0 Å². The van der Waals surface area contributed by atoms with Crippen molar-refractivity contribution in [3.8, 4) is 12.1 Å². The van der Waals surface area contributed by atoms with E-state index in [-0.39, 0.29) is 4.90 Å². The minimum atomic E-state index is -3.91. The molecule has 1 rings (SSSR count). The number of nitrogens with zero attached hydrogens (tertiary/aromatic N) is 3. The van der Waals surface area contributed by atoms with Crippen LogP contribution in [-0.2, 0) is 10.0 Å². The molecule has 0 bridgehead atoms. The summed E-state index contributed by atoms with van der Waals surface area (Å²) in [5.41, 5.74) is 0.488. The van der Waals surface area contributed by atoms with Crippen molar-refractivity contribution in [2.24, 2.45) is 0 Å². The van der Waals surface area contributed by atoms with E-state index in [2.05, 4.69) is 0 Å². The third-order valence-corrected chi connectivity index (χ3v) is 4.55. The van der Waals surface area contributed by atoms with Crippen LogP contribution in [0.15, 0.2) is 29.2 Å². The van der Waals surface area contributed by atoms with Crippen LogP contribution in [0.25, 0.3) is 0 Å². The summed E-state index contributed by atoms with van der Waals surface area (Å²) in [6.45, 7) is 0.996. The lowest BCUT2D eigenvalue weighted by molar-refractivity contribution is 0.173. The second-order valence-corrected chi connectivity index (χ2v) is 6.02. The first-order valence-corrected chi connectivity index (χ1v) is 7.43. The lowest BCUT2D eigenvalue weighted by Crippen LogP contribution is -2.32. The van der Waals surface area contributed by atoms with E-state index in [4.69, 9.17) is 10.5 Å². The van der Waals surface area contributed by atoms with E-state index in [9.17, 15) is 13.5 Å². The highest BCUT2D eigenvalue weighted by molar-refractivity contribution is 7.89. The Morgan fingerprint density at radius 2 is 1.90 bits per heavy atom. The average Bonchev–Trinajstić information content (AvgIpc) is 2.46. The van der Waals surface area contributed by atoms with Crippen LogP contribution in [0.4, 0.5) is 0 Å². The summed E-state index contributed by atoms with van der Waals surface area (Å²) >= 11 is 0. The van der Waals surface area contributed by atoms with Crippen molar-refractivity contribution in [1.82, 2.24) is 4.31 Å². The number of aliphatic hydroxyl groups excluding tert-OH is 1. The Balaban J connectivity index is 3.21. The third-order valence-electron chi connectivity index (χ3n) is 2.76. The SMILES string of the molecule is CCC(O)c1cccc(S(=O)(=O)N(CC#N)CC#N)c1. The standard InChI is InChI=1S/C13H15N3O3S/c1-2-13(17)11-4-3-5-12(10-11)20(18,19)16(8-6-14)9-7-15/h3-5,10,13,17H,2,8-9H2,1H3. The monoisotopic (exact) mass is 293 g/mol. The third kappa shape index (κ3) is 3.55. The van der Waals surface area contributed by atoms with Crippen LogP contribution in [0.5, 0.6) is 0 Å². The number of rotatable bonds is 6. The Morgan fingerprint density at radius 3 is 2.40 bits per heavy atom. The Bertz CT molecular complexity index is 628.